The Morgan fingerprint density at radius 1 is 1.14 bits per heavy atom. The Labute approximate surface area is 132 Å². The molecule has 0 aliphatic heterocycles. The lowest BCUT2D eigenvalue weighted by atomic mass is 9.88. The van der Waals surface area contributed by atoms with Gasteiger partial charge in [-0.05, 0) is 26.2 Å². The molecule has 1 fully saturated rings. The number of hydrogen-bond donors (Lipinski definition) is 3. The number of carbonyl (C=O) groups is 3. The summed E-state index contributed by atoms with van der Waals surface area (Å²) < 4.78 is 0. The van der Waals surface area contributed by atoms with Crippen LogP contribution in [0.4, 0.5) is 0 Å². The molecule has 2 amide bonds. The molecule has 0 spiro atoms. The summed E-state index contributed by atoms with van der Waals surface area (Å²) in [5, 5.41) is 14.4. The molecule has 6 heteroatoms. The molecule has 1 saturated carbocycles. The summed E-state index contributed by atoms with van der Waals surface area (Å²) in [7, 11) is 0. The Bertz CT molecular complexity index is 392. The summed E-state index contributed by atoms with van der Waals surface area (Å²) in [6.45, 7) is 3.64. The molecule has 126 valence electrons. The largest absolute Gasteiger partial charge is 0.480 e. The van der Waals surface area contributed by atoms with E-state index in [-0.39, 0.29) is 30.2 Å². The van der Waals surface area contributed by atoms with Gasteiger partial charge in [-0.3, -0.25) is 9.59 Å². The normalized spacial score (nSPS) is 18.3. The fourth-order valence-corrected chi connectivity index (χ4v) is 2.85. The second-order valence-electron chi connectivity index (χ2n) is 6.20. The van der Waals surface area contributed by atoms with Gasteiger partial charge in [-0.25, -0.2) is 4.79 Å². The van der Waals surface area contributed by atoms with E-state index in [9.17, 15) is 14.4 Å². The first-order valence-corrected chi connectivity index (χ1v) is 8.26. The molecule has 3 N–H and O–H groups in total. The first-order valence-electron chi connectivity index (χ1n) is 8.26. The molecule has 0 saturated heterocycles. The second kappa shape index (κ2) is 9.43. The predicted octanol–water partition coefficient (Wildman–Crippen LogP) is 1.83. The van der Waals surface area contributed by atoms with Gasteiger partial charge in [0.2, 0.25) is 11.8 Å². The molecule has 1 aliphatic carbocycles. The van der Waals surface area contributed by atoms with Crippen LogP contribution < -0.4 is 10.6 Å². The molecule has 1 aliphatic rings. The van der Waals surface area contributed by atoms with E-state index >= 15 is 0 Å². The first-order chi connectivity index (χ1) is 10.4. The maximum Gasteiger partial charge on any atom is 0.326 e. The van der Waals surface area contributed by atoms with Crippen LogP contribution in [0.3, 0.4) is 0 Å². The number of hydrogen-bond acceptors (Lipinski definition) is 3. The van der Waals surface area contributed by atoms with Gasteiger partial charge in [0.15, 0.2) is 0 Å². The lowest BCUT2D eigenvalue weighted by Crippen LogP contribution is -2.45. The van der Waals surface area contributed by atoms with E-state index in [1.165, 1.54) is 6.42 Å². The third-order valence-corrected chi connectivity index (χ3v) is 4.07. The fraction of sp³-hybridized carbons (Fsp3) is 0.812. The molecule has 0 aromatic rings. The van der Waals surface area contributed by atoms with E-state index in [2.05, 4.69) is 10.6 Å². The minimum atomic E-state index is -1.02. The van der Waals surface area contributed by atoms with Gasteiger partial charge in [-0.1, -0.05) is 32.6 Å². The van der Waals surface area contributed by atoms with Crippen LogP contribution in [0, 0.1) is 5.92 Å². The second-order valence-corrected chi connectivity index (χ2v) is 6.20. The highest BCUT2D eigenvalue weighted by atomic mass is 16.4. The van der Waals surface area contributed by atoms with Crippen molar-refractivity contribution in [2.24, 2.45) is 5.92 Å². The lowest BCUT2D eigenvalue weighted by molar-refractivity contribution is -0.142. The summed E-state index contributed by atoms with van der Waals surface area (Å²) in [6, 6.07) is -1.13. The maximum absolute atomic E-state index is 12.1. The van der Waals surface area contributed by atoms with Crippen molar-refractivity contribution in [2.75, 3.05) is 0 Å². The van der Waals surface area contributed by atoms with Gasteiger partial charge in [0.25, 0.3) is 0 Å². The standard InChI is InChI=1S/C16H28N2O4/c1-3-7-13(16(21)22)18-14(19)10-11(2)17-15(20)12-8-5-4-6-9-12/h11-13H,3-10H2,1-2H3,(H,17,20)(H,18,19)(H,21,22). The van der Waals surface area contributed by atoms with Crippen molar-refractivity contribution >= 4 is 17.8 Å². The molecule has 6 nitrogen and oxygen atoms in total. The molecule has 0 aromatic carbocycles. The molecule has 0 heterocycles. The van der Waals surface area contributed by atoms with Gasteiger partial charge in [0.05, 0.1) is 0 Å². The van der Waals surface area contributed by atoms with E-state index in [0.29, 0.717) is 12.8 Å². The number of aliphatic carboxylic acids is 1. The number of carbonyl (C=O) groups excluding carboxylic acids is 2. The van der Waals surface area contributed by atoms with Crippen molar-refractivity contribution in [2.45, 2.75) is 77.3 Å². The third kappa shape index (κ3) is 6.45. The van der Waals surface area contributed by atoms with Crippen molar-refractivity contribution < 1.29 is 19.5 Å². The molecule has 22 heavy (non-hydrogen) atoms. The minimum Gasteiger partial charge on any atom is -0.480 e. The van der Waals surface area contributed by atoms with Crippen LogP contribution in [0.2, 0.25) is 0 Å². The van der Waals surface area contributed by atoms with Crippen LogP contribution in [0.5, 0.6) is 0 Å². The quantitative estimate of drug-likeness (QED) is 0.637. The Morgan fingerprint density at radius 2 is 1.77 bits per heavy atom. The van der Waals surface area contributed by atoms with E-state index in [4.69, 9.17) is 5.11 Å². The average molecular weight is 312 g/mol. The van der Waals surface area contributed by atoms with Crippen molar-refractivity contribution in [1.82, 2.24) is 10.6 Å². The highest BCUT2D eigenvalue weighted by molar-refractivity contribution is 5.84. The topological polar surface area (TPSA) is 95.5 Å². The molecular formula is C16H28N2O4. The monoisotopic (exact) mass is 312 g/mol. The molecular weight excluding hydrogens is 284 g/mol. The van der Waals surface area contributed by atoms with Gasteiger partial charge < -0.3 is 15.7 Å². The Hall–Kier alpha value is -1.59. The SMILES string of the molecule is CCCC(NC(=O)CC(C)NC(=O)C1CCCCC1)C(=O)O. The zero-order chi connectivity index (χ0) is 16.5. The van der Waals surface area contributed by atoms with Gasteiger partial charge in [-0.15, -0.1) is 0 Å². The molecule has 0 radical (unpaired) electrons. The maximum atomic E-state index is 12.1. The highest BCUT2D eigenvalue weighted by Crippen LogP contribution is 2.23. The van der Waals surface area contributed by atoms with Crippen LogP contribution in [-0.4, -0.2) is 35.0 Å². The number of carboxylic acids is 1. The molecule has 0 bridgehead atoms. The molecule has 2 unspecified atom stereocenters. The van der Waals surface area contributed by atoms with E-state index in [1.54, 1.807) is 6.92 Å². The van der Waals surface area contributed by atoms with Crippen LogP contribution in [0.15, 0.2) is 0 Å². The zero-order valence-corrected chi connectivity index (χ0v) is 13.6. The number of nitrogens with one attached hydrogen (secondary N) is 2. The van der Waals surface area contributed by atoms with E-state index in [1.807, 2.05) is 6.92 Å². The van der Waals surface area contributed by atoms with E-state index in [0.717, 1.165) is 25.7 Å². The van der Waals surface area contributed by atoms with Crippen molar-refractivity contribution in [3.05, 3.63) is 0 Å². The van der Waals surface area contributed by atoms with Crippen molar-refractivity contribution in [1.29, 1.82) is 0 Å². The highest BCUT2D eigenvalue weighted by Gasteiger charge is 2.24. The van der Waals surface area contributed by atoms with Crippen LogP contribution >= 0.6 is 0 Å². The van der Waals surface area contributed by atoms with Gasteiger partial charge in [0, 0.05) is 18.4 Å². The first kappa shape index (κ1) is 18.5. The summed E-state index contributed by atoms with van der Waals surface area (Å²) >= 11 is 0. The smallest absolute Gasteiger partial charge is 0.326 e. The van der Waals surface area contributed by atoms with E-state index < -0.39 is 12.0 Å². The number of amides is 2. The fourth-order valence-electron chi connectivity index (χ4n) is 2.85. The Morgan fingerprint density at radius 3 is 2.32 bits per heavy atom. The van der Waals surface area contributed by atoms with Gasteiger partial charge >= 0.3 is 5.97 Å². The predicted molar refractivity (Wildman–Crippen MR) is 83.3 cm³/mol. The summed E-state index contributed by atoms with van der Waals surface area (Å²) in [5.41, 5.74) is 0. The third-order valence-electron chi connectivity index (χ3n) is 4.07. The number of carboxylic acid groups (broad SMARTS) is 1. The molecule has 2 atom stereocenters. The van der Waals surface area contributed by atoms with Crippen molar-refractivity contribution in [3.8, 4) is 0 Å². The summed E-state index contributed by atoms with van der Waals surface area (Å²) in [6.07, 6.45) is 6.40. The Balaban J connectivity index is 2.36. The average Bonchev–Trinajstić information content (AvgIpc) is 2.47. The summed E-state index contributed by atoms with van der Waals surface area (Å²) in [5.74, 6) is -1.28. The van der Waals surface area contributed by atoms with Crippen LogP contribution in [0.25, 0.3) is 0 Å². The molecule has 0 aromatic heterocycles. The minimum absolute atomic E-state index is 0.0170. The van der Waals surface area contributed by atoms with Gasteiger partial charge in [0.1, 0.15) is 6.04 Å². The van der Waals surface area contributed by atoms with Crippen LogP contribution in [-0.2, 0) is 14.4 Å². The molecule has 1 rings (SSSR count). The lowest BCUT2D eigenvalue weighted by Gasteiger charge is -2.23. The number of rotatable bonds is 8. The zero-order valence-electron chi connectivity index (χ0n) is 13.6. The Kier molecular flexibility index (Phi) is 7.91. The summed E-state index contributed by atoms with van der Waals surface area (Å²) in [4.78, 5) is 35.0. The van der Waals surface area contributed by atoms with Crippen molar-refractivity contribution in [3.63, 3.8) is 0 Å². The van der Waals surface area contributed by atoms with Gasteiger partial charge in [-0.2, -0.15) is 0 Å². The van der Waals surface area contributed by atoms with Crippen LogP contribution in [0.1, 0.15) is 65.2 Å².